The van der Waals surface area contributed by atoms with Gasteiger partial charge in [0.15, 0.2) is 0 Å². The molecule has 1 aromatic carbocycles. The third-order valence-electron chi connectivity index (χ3n) is 3.69. The summed E-state index contributed by atoms with van der Waals surface area (Å²) in [6, 6.07) is 7.45. The Labute approximate surface area is 122 Å². The highest BCUT2D eigenvalue weighted by Crippen LogP contribution is 2.19. The summed E-state index contributed by atoms with van der Waals surface area (Å²) in [6.45, 7) is 6.08. The lowest BCUT2D eigenvalue weighted by Gasteiger charge is -2.25. The second-order valence-corrected chi connectivity index (χ2v) is 7.41. The zero-order valence-electron chi connectivity index (χ0n) is 12.3. The molecule has 1 N–H and O–H groups in total. The van der Waals surface area contributed by atoms with Crippen LogP contribution in [0.5, 0.6) is 0 Å². The van der Waals surface area contributed by atoms with Gasteiger partial charge in [0.2, 0.25) is 10.0 Å². The first-order valence-corrected chi connectivity index (χ1v) is 8.78. The summed E-state index contributed by atoms with van der Waals surface area (Å²) in [5.74, 6) is 0. The molecule has 2 rings (SSSR count). The predicted octanol–water partition coefficient (Wildman–Crippen LogP) is 2.15. The molecule has 5 heteroatoms. The second kappa shape index (κ2) is 6.70. The molecular weight excluding hydrogens is 272 g/mol. The van der Waals surface area contributed by atoms with Gasteiger partial charge in [-0.15, -0.1) is 0 Å². The van der Waals surface area contributed by atoms with E-state index in [-0.39, 0.29) is 0 Å². The molecule has 1 heterocycles. The minimum Gasteiger partial charge on any atom is -0.313 e. The Morgan fingerprint density at radius 2 is 2.20 bits per heavy atom. The number of hydrogen-bond acceptors (Lipinski definition) is 3. The molecule has 1 aliphatic rings. The van der Waals surface area contributed by atoms with Crippen molar-refractivity contribution in [3.8, 4) is 0 Å². The van der Waals surface area contributed by atoms with Gasteiger partial charge in [0, 0.05) is 19.1 Å². The van der Waals surface area contributed by atoms with Crippen molar-refractivity contribution in [1.82, 2.24) is 9.62 Å². The molecule has 1 aromatic rings. The van der Waals surface area contributed by atoms with E-state index in [1.165, 1.54) is 0 Å². The van der Waals surface area contributed by atoms with Crippen LogP contribution >= 0.6 is 0 Å². The normalized spacial score (nSPS) is 19.6. The molecule has 112 valence electrons. The van der Waals surface area contributed by atoms with E-state index >= 15 is 0 Å². The monoisotopic (exact) mass is 296 g/mol. The van der Waals surface area contributed by atoms with Gasteiger partial charge in [0.05, 0.1) is 4.90 Å². The molecule has 1 saturated heterocycles. The minimum atomic E-state index is -3.38. The minimum absolute atomic E-state index is 0.293. The van der Waals surface area contributed by atoms with Crippen LogP contribution in [0, 0.1) is 6.92 Å². The van der Waals surface area contributed by atoms with E-state index in [2.05, 4.69) is 5.32 Å². The van der Waals surface area contributed by atoms with Crippen LogP contribution in [0.1, 0.15) is 31.7 Å². The Kier molecular flexibility index (Phi) is 5.18. The van der Waals surface area contributed by atoms with Gasteiger partial charge in [0.25, 0.3) is 0 Å². The Bertz CT molecular complexity index is 537. The quantitative estimate of drug-likeness (QED) is 0.875. The van der Waals surface area contributed by atoms with Crippen LogP contribution in [0.25, 0.3) is 0 Å². The Morgan fingerprint density at radius 1 is 1.40 bits per heavy atom. The first-order valence-electron chi connectivity index (χ1n) is 7.34. The van der Waals surface area contributed by atoms with Crippen molar-refractivity contribution in [2.24, 2.45) is 0 Å². The average molecular weight is 296 g/mol. The van der Waals surface area contributed by atoms with Crippen molar-refractivity contribution < 1.29 is 8.42 Å². The van der Waals surface area contributed by atoms with E-state index in [4.69, 9.17) is 0 Å². The third-order valence-corrected chi connectivity index (χ3v) is 5.55. The third kappa shape index (κ3) is 3.59. The fourth-order valence-corrected chi connectivity index (χ4v) is 4.32. The highest BCUT2D eigenvalue weighted by molar-refractivity contribution is 7.89. The molecule has 1 fully saturated rings. The molecule has 0 bridgehead atoms. The van der Waals surface area contributed by atoms with Crippen molar-refractivity contribution >= 4 is 10.0 Å². The first kappa shape index (κ1) is 15.5. The topological polar surface area (TPSA) is 49.4 Å². The van der Waals surface area contributed by atoms with Crippen LogP contribution in [0.15, 0.2) is 29.2 Å². The second-order valence-electron chi connectivity index (χ2n) is 5.47. The summed E-state index contributed by atoms with van der Waals surface area (Å²) in [6.07, 6.45) is 3.02. The van der Waals surface area contributed by atoms with Crippen molar-refractivity contribution in [3.63, 3.8) is 0 Å². The molecule has 1 unspecified atom stereocenters. The molecule has 0 amide bonds. The maximum absolute atomic E-state index is 12.8. The lowest BCUT2D eigenvalue weighted by atomic mass is 10.2. The molecule has 20 heavy (non-hydrogen) atoms. The summed E-state index contributed by atoms with van der Waals surface area (Å²) in [7, 11) is -3.38. The molecular formula is C15H24N2O2S. The standard InChI is InChI=1S/C15H24N2O2S/c1-3-10-17(12-14-7-5-9-16-14)20(18,19)15-8-4-6-13(2)11-15/h4,6,8,11,14,16H,3,5,7,9-10,12H2,1-2H3. The molecule has 1 aliphatic heterocycles. The number of sulfonamides is 1. The fraction of sp³-hybridized carbons (Fsp3) is 0.600. The predicted molar refractivity (Wildman–Crippen MR) is 81.3 cm³/mol. The van der Waals surface area contributed by atoms with Crippen molar-refractivity contribution in [1.29, 1.82) is 0 Å². The number of aryl methyl sites for hydroxylation is 1. The van der Waals surface area contributed by atoms with Gasteiger partial charge in [-0.25, -0.2) is 8.42 Å². The number of rotatable bonds is 6. The zero-order chi connectivity index (χ0) is 14.6. The van der Waals surface area contributed by atoms with Gasteiger partial charge >= 0.3 is 0 Å². The van der Waals surface area contributed by atoms with E-state index in [1.807, 2.05) is 19.9 Å². The lowest BCUT2D eigenvalue weighted by molar-refractivity contribution is 0.369. The van der Waals surface area contributed by atoms with Gasteiger partial charge in [-0.3, -0.25) is 0 Å². The molecule has 0 spiro atoms. The fourth-order valence-electron chi connectivity index (χ4n) is 2.64. The van der Waals surface area contributed by atoms with Gasteiger partial charge in [-0.1, -0.05) is 19.1 Å². The number of nitrogens with one attached hydrogen (secondary N) is 1. The molecule has 4 nitrogen and oxygen atoms in total. The van der Waals surface area contributed by atoms with Crippen LogP contribution in [0.3, 0.4) is 0 Å². The smallest absolute Gasteiger partial charge is 0.243 e. The maximum Gasteiger partial charge on any atom is 0.243 e. The first-order chi connectivity index (χ1) is 9.54. The largest absolute Gasteiger partial charge is 0.313 e. The van der Waals surface area contributed by atoms with Crippen LogP contribution in [0.2, 0.25) is 0 Å². The molecule has 0 aliphatic carbocycles. The van der Waals surface area contributed by atoms with E-state index in [1.54, 1.807) is 22.5 Å². The van der Waals surface area contributed by atoms with Crippen LogP contribution in [-0.4, -0.2) is 38.4 Å². The summed E-state index contributed by atoms with van der Waals surface area (Å²) in [4.78, 5) is 0.406. The van der Waals surface area contributed by atoms with Gasteiger partial charge in [-0.05, 0) is 50.4 Å². The summed E-state index contributed by atoms with van der Waals surface area (Å²) in [5.41, 5.74) is 0.974. The van der Waals surface area contributed by atoms with Crippen molar-refractivity contribution in [2.75, 3.05) is 19.6 Å². The number of hydrogen-bond donors (Lipinski definition) is 1. The van der Waals surface area contributed by atoms with Gasteiger partial charge < -0.3 is 5.32 Å². The maximum atomic E-state index is 12.8. The zero-order valence-corrected chi connectivity index (χ0v) is 13.1. The van der Waals surface area contributed by atoms with Crippen LogP contribution < -0.4 is 5.32 Å². The summed E-state index contributed by atoms with van der Waals surface area (Å²) in [5, 5.41) is 3.37. The molecule has 1 atom stereocenters. The SMILES string of the molecule is CCCN(CC1CCCN1)S(=O)(=O)c1cccc(C)c1. The van der Waals surface area contributed by atoms with E-state index in [9.17, 15) is 8.42 Å². The van der Waals surface area contributed by atoms with E-state index in [0.717, 1.165) is 31.4 Å². The highest BCUT2D eigenvalue weighted by atomic mass is 32.2. The molecule has 0 saturated carbocycles. The summed E-state index contributed by atoms with van der Waals surface area (Å²) >= 11 is 0. The van der Waals surface area contributed by atoms with Crippen LogP contribution in [-0.2, 0) is 10.0 Å². The highest BCUT2D eigenvalue weighted by Gasteiger charge is 2.27. The van der Waals surface area contributed by atoms with Crippen LogP contribution in [0.4, 0.5) is 0 Å². The molecule has 0 radical (unpaired) electrons. The summed E-state index contributed by atoms with van der Waals surface area (Å²) < 4.78 is 27.2. The van der Waals surface area contributed by atoms with Crippen molar-refractivity contribution in [2.45, 2.75) is 44.0 Å². The lowest BCUT2D eigenvalue weighted by Crippen LogP contribution is -2.41. The average Bonchev–Trinajstić information content (AvgIpc) is 2.91. The Morgan fingerprint density at radius 3 is 2.80 bits per heavy atom. The van der Waals surface area contributed by atoms with Crippen molar-refractivity contribution in [3.05, 3.63) is 29.8 Å². The Hall–Kier alpha value is -0.910. The number of benzene rings is 1. The Balaban J connectivity index is 2.21. The number of nitrogens with zero attached hydrogens (tertiary/aromatic N) is 1. The van der Waals surface area contributed by atoms with E-state index < -0.39 is 10.0 Å². The molecule has 0 aromatic heterocycles. The van der Waals surface area contributed by atoms with E-state index in [0.29, 0.717) is 24.0 Å². The van der Waals surface area contributed by atoms with Gasteiger partial charge in [-0.2, -0.15) is 4.31 Å². The van der Waals surface area contributed by atoms with Gasteiger partial charge in [0.1, 0.15) is 0 Å².